The van der Waals surface area contributed by atoms with Crippen LogP contribution >= 0.6 is 0 Å². The second kappa shape index (κ2) is 8.48. The lowest BCUT2D eigenvalue weighted by molar-refractivity contribution is -0.192. The van der Waals surface area contributed by atoms with Crippen LogP contribution in [0.4, 0.5) is 13.2 Å². The molecule has 0 aliphatic heterocycles. The Kier molecular flexibility index (Phi) is 5.82. The molecule has 4 aromatic rings. The molecule has 12 heteroatoms. The van der Waals surface area contributed by atoms with Crippen molar-refractivity contribution in [3.8, 4) is 17.3 Å². The molecular formula is C18H13F3N6O3. The van der Waals surface area contributed by atoms with E-state index in [-0.39, 0.29) is 6.04 Å². The first-order valence-corrected chi connectivity index (χ1v) is 8.33. The van der Waals surface area contributed by atoms with Gasteiger partial charge in [0.1, 0.15) is 12.0 Å². The molecule has 30 heavy (non-hydrogen) atoms. The molecule has 0 spiro atoms. The summed E-state index contributed by atoms with van der Waals surface area (Å²) in [6.45, 7) is 0. The molecule has 1 atom stereocenters. The maximum absolute atomic E-state index is 10.6. The van der Waals surface area contributed by atoms with E-state index < -0.39 is 12.1 Å². The highest BCUT2D eigenvalue weighted by Gasteiger charge is 2.38. The number of alkyl halides is 3. The van der Waals surface area contributed by atoms with E-state index >= 15 is 0 Å². The number of hydrogen-bond acceptors (Lipinski definition) is 6. The van der Waals surface area contributed by atoms with Crippen molar-refractivity contribution in [3.63, 3.8) is 0 Å². The summed E-state index contributed by atoms with van der Waals surface area (Å²) in [6.07, 6.45) is 5.45. The van der Waals surface area contributed by atoms with Crippen LogP contribution < -0.4 is 0 Å². The number of carboxylic acid groups (broad SMARTS) is 1. The number of hydrogen-bond donors (Lipinski definition) is 2. The number of nitrogens with one attached hydrogen (secondary N) is 1. The molecule has 0 saturated carbocycles. The van der Waals surface area contributed by atoms with Crippen molar-refractivity contribution in [2.24, 2.45) is 0 Å². The molecule has 9 nitrogen and oxygen atoms in total. The van der Waals surface area contributed by atoms with Gasteiger partial charge in [-0.25, -0.2) is 14.8 Å². The Labute approximate surface area is 166 Å². The fourth-order valence-corrected chi connectivity index (χ4v) is 2.65. The van der Waals surface area contributed by atoms with Gasteiger partial charge in [-0.15, -0.1) is 0 Å². The maximum Gasteiger partial charge on any atom is 0.490 e. The summed E-state index contributed by atoms with van der Waals surface area (Å²) in [7, 11) is 0. The minimum absolute atomic E-state index is 0.184. The number of furan rings is 1. The second-order valence-electron chi connectivity index (χ2n) is 5.91. The number of aliphatic carboxylic acids is 1. The number of nitrogens with zero attached hydrogens (tertiary/aromatic N) is 5. The molecule has 4 rings (SSSR count). The average Bonchev–Trinajstić information content (AvgIpc) is 3.47. The molecular weight excluding hydrogens is 405 g/mol. The zero-order valence-electron chi connectivity index (χ0n) is 15.0. The number of aromatic nitrogens is 5. The Morgan fingerprint density at radius 3 is 2.77 bits per heavy atom. The smallest absolute Gasteiger partial charge is 0.475 e. The Hall–Kier alpha value is -4.14. The first-order valence-electron chi connectivity index (χ1n) is 8.33. The summed E-state index contributed by atoms with van der Waals surface area (Å²) < 4.78 is 38.6. The van der Waals surface area contributed by atoms with E-state index in [0.29, 0.717) is 6.42 Å². The molecule has 4 aromatic heterocycles. The van der Waals surface area contributed by atoms with E-state index in [0.717, 1.165) is 27.9 Å². The highest BCUT2D eigenvalue weighted by Crippen LogP contribution is 2.27. The summed E-state index contributed by atoms with van der Waals surface area (Å²) in [5, 5.41) is 21.6. The SMILES string of the molecule is N#CCC(c1ccoc1)n1cc(-c2ncnc3[nH]ccc23)cn1.O=C(O)C(F)(F)F. The molecule has 0 radical (unpaired) electrons. The summed E-state index contributed by atoms with van der Waals surface area (Å²) in [4.78, 5) is 20.5. The van der Waals surface area contributed by atoms with Gasteiger partial charge >= 0.3 is 12.1 Å². The van der Waals surface area contributed by atoms with E-state index in [9.17, 15) is 13.2 Å². The number of carboxylic acids is 1. The molecule has 0 aliphatic carbocycles. The lowest BCUT2D eigenvalue weighted by atomic mass is 10.1. The van der Waals surface area contributed by atoms with E-state index in [4.69, 9.17) is 19.6 Å². The predicted octanol–water partition coefficient (Wildman–Crippen LogP) is 3.55. The normalized spacial score (nSPS) is 12.1. The van der Waals surface area contributed by atoms with Gasteiger partial charge in [-0.3, -0.25) is 4.68 Å². The third-order valence-electron chi connectivity index (χ3n) is 4.00. The van der Waals surface area contributed by atoms with Gasteiger partial charge in [-0.1, -0.05) is 0 Å². The molecule has 0 amide bonds. The van der Waals surface area contributed by atoms with Gasteiger partial charge < -0.3 is 14.5 Å². The predicted molar refractivity (Wildman–Crippen MR) is 95.9 cm³/mol. The second-order valence-corrected chi connectivity index (χ2v) is 5.91. The van der Waals surface area contributed by atoms with Crippen LogP contribution in [-0.4, -0.2) is 42.0 Å². The van der Waals surface area contributed by atoms with Crippen molar-refractivity contribution in [3.05, 3.63) is 55.1 Å². The minimum Gasteiger partial charge on any atom is -0.475 e. The summed E-state index contributed by atoms with van der Waals surface area (Å²) >= 11 is 0. The first-order chi connectivity index (χ1) is 14.3. The number of aromatic amines is 1. The van der Waals surface area contributed by atoms with Crippen LogP contribution in [0.25, 0.3) is 22.3 Å². The number of carbonyl (C=O) groups is 1. The van der Waals surface area contributed by atoms with Crippen molar-refractivity contribution in [2.75, 3.05) is 0 Å². The van der Waals surface area contributed by atoms with Gasteiger partial charge in [-0.2, -0.15) is 23.5 Å². The van der Waals surface area contributed by atoms with Crippen molar-refractivity contribution >= 4 is 17.0 Å². The third kappa shape index (κ3) is 4.46. The summed E-state index contributed by atoms with van der Waals surface area (Å²) in [5.41, 5.74) is 3.38. The molecule has 0 aromatic carbocycles. The number of fused-ring (bicyclic) bond motifs is 1. The quantitative estimate of drug-likeness (QED) is 0.518. The molecule has 0 bridgehead atoms. The number of H-pyrrole nitrogens is 1. The fraction of sp³-hybridized carbons (Fsp3) is 0.167. The van der Waals surface area contributed by atoms with Gasteiger partial charge in [0.15, 0.2) is 0 Å². The topological polar surface area (TPSA) is 134 Å². The van der Waals surface area contributed by atoms with Crippen molar-refractivity contribution in [1.82, 2.24) is 24.7 Å². The third-order valence-corrected chi connectivity index (χ3v) is 4.00. The minimum atomic E-state index is -5.08. The van der Waals surface area contributed by atoms with Gasteiger partial charge in [-0.05, 0) is 12.1 Å². The molecule has 1 unspecified atom stereocenters. The lowest BCUT2D eigenvalue weighted by Crippen LogP contribution is -2.21. The first kappa shape index (κ1) is 20.6. The largest absolute Gasteiger partial charge is 0.490 e. The molecule has 0 saturated heterocycles. The van der Waals surface area contributed by atoms with Crippen LogP contribution in [0.5, 0.6) is 0 Å². The average molecular weight is 418 g/mol. The van der Waals surface area contributed by atoms with E-state index in [1.165, 1.54) is 6.33 Å². The van der Waals surface area contributed by atoms with Crippen LogP contribution in [0.2, 0.25) is 0 Å². The number of rotatable bonds is 4. The number of nitriles is 1. The van der Waals surface area contributed by atoms with E-state index in [1.54, 1.807) is 23.4 Å². The molecule has 154 valence electrons. The molecule has 2 N–H and O–H groups in total. The van der Waals surface area contributed by atoms with Gasteiger partial charge in [0, 0.05) is 28.9 Å². The highest BCUT2D eigenvalue weighted by molar-refractivity contribution is 5.89. The van der Waals surface area contributed by atoms with Crippen molar-refractivity contribution in [2.45, 2.75) is 18.6 Å². The van der Waals surface area contributed by atoms with Crippen LogP contribution in [0.1, 0.15) is 18.0 Å². The van der Waals surface area contributed by atoms with Crippen LogP contribution in [-0.2, 0) is 4.79 Å². The van der Waals surface area contributed by atoms with Gasteiger partial charge in [0.25, 0.3) is 0 Å². The molecule has 0 aliphatic rings. The van der Waals surface area contributed by atoms with Crippen LogP contribution in [0.3, 0.4) is 0 Å². The number of halogens is 3. The standard InChI is InChI=1S/C16H12N6O.C2HF3O2/c17-4-1-14(11-3-6-23-9-11)22-8-12(7-21-22)15-13-2-5-18-16(13)20-10-19-15;3-2(4,5)1(6)7/h2-3,5-10,14H,1H2,(H,18,19,20);(H,6,7). The lowest BCUT2D eigenvalue weighted by Gasteiger charge is -2.11. The van der Waals surface area contributed by atoms with Gasteiger partial charge in [0.2, 0.25) is 0 Å². The Morgan fingerprint density at radius 1 is 1.37 bits per heavy atom. The maximum atomic E-state index is 10.6. The molecule has 0 fully saturated rings. The van der Waals surface area contributed by atoms with Crippen LogP contribution in [0, 0.1) is 11.3 Å². The Balaban J connectivity index is 0.000000318. The van der Waals surface area contributed by atoms with E-state index in [1.807, 2.05) is 24.5 Å². The van der Waals surface area contributed by atoms with Gasteiger partial charge in [0.05, 0.1) is 42.9 Å². The summed E-state index contributed by atoms with van der Waals surface area (Å²) in [5.74, 6) is -2.76. The fourth-order valence-electron chi connectivity index (χ4n) is 2.65. The monoisotopic (exact) mass is 418 g/mol. The Morgan fingerprint density at radius 2 is 2.13 bits per heavy atom. The van der Waals surface area contributed by atoms with Crippen molar-refractivity contribution < 1.29 is 27.5 Å². The van der Waals surface area contributed by atoms with Crippen molar-refractivity contribution in [1.29, 1.82) is 5.26 Å². The zero-order chi connectivity index (χ0) is 21.7. The Bertz CT molecular complexity index is 1170. The zero-order valence-corrected chi connectivity index (χ0v) is 15.0. The highest BCUT2D eigenvalue weighted by atomic mass is 19.4. The van der Waals surface area contributed by atoms with E-state index in [2.05, 4.69) is 26.1 Å². The molecule has 4 heterocycles. The van der Waals surface area contributed by atoms with Crippen LogP contribution in [0.15, 0.2) is 54.0 Å². The summed E-state index contributed by atoms with van der Waals surface area (Å²) in [6, 6.07) is 5.79.